The number of hydrogen-bond acceptors (Lipinski definition) is 1. The maximum absolute atomic E-state index is 3.28. The van der Waals surface area contributed by atoms with Crippen molar-refractivity contribution in [2.45, 2.75) is 39.0 Å². The number of unbranched alkanes of at least 4 members (excludes halogenated alkanes) is 1. The van der Waals surface area contributed by atoms with E-state index in [0.717, 1.165) is 11.0 Å². The fourth-order valence-corrected chi connectivity index (χ4v) is 2.19. The van der Waals surface area contributed by atoms with Crippen molar-refractivity contribution >= 4 is 0 Å². The van der Waals surface area contributed by atoms with Crippen LogP contribution in [0.15, 0.2) is 24.4 Å². The lowest BCUT2D eigenvalue weighted by Crippen LogP contribution is -3.00. The quantitative estimate of drug-likeness (QED) is 0.553. The highest BCUT2D eigenvalue weighted by Gasteiger charge is 2.16. The second kappa shape index (κ2) is 11.0. The van der Waals surface area contributed by atoms with Gasteiger partial charge >= 0.3 is 0 Å². The van der Waals surface area contributed by atoms with E-state index in [2.05, 4.69) is 43.7 Å². The Balaban J connectivity index is 0.000000352. The summed E-state index contributed by atoms with van der Waals surface area (Å²) in [5.41, 5.74) is 0. The molecule has 0 bridgehead atoms. The summed E-state index contributed by atoms with van der Waals surface area (Å²) in [6, 6.07) is 0. The van der Waals surface area contributed by atoms with Gasteiger partial charge in [0.2, 0.25) is 0 Å². The molecule has 0 aliphatic carbocycles. The Morgan fingerprint density at radius 3 is 2.22 bits per heavy atom. The minimum Gasteiger partial charge on any atom is -1.00 e. The van der Waals surface area contributed by atoms with Crippen LogP contribution in [0.5, 0.6) is 0 Å². The van der Waals surface area contributed by atoms with Crippen LogP contribution in [0.25, 0.3) is 0 Å². The van der Waals surface area contributed by atoms with Crippen molar-refractivity contribution in [1.82, 2.24) is 5.32 Å². The van der Waals surface area contributed by atoms with Crippen LogP contribution in [0.2, 0.25) is 0 Å². The number of allylic oxidation sites excluding steroid dienone is 2. The van der Waals surface area contributed by atoms with E-state index in [4.69, 9.17) is 0 Å². The SMILES string of the molecule is C1CCNCC1.CCCC[N+]1(C)C=CC=CC1.[I-]. The molecular weight excluding hydrogens is 335 g/mol. The maximum Gasteiger partial charge on any atom is 0.102 e. The largest absolute Gasteiger partial charge is 1.00 e. The first-order valence-electron chi connectivity index (χ1n) is 7.16. The van der Waals surface area contributed by atoms with Gasteiger partial charge in [0.1, 0.15) is 6.54 Å². The first kappa shape index (κ1) is 18.1. The van der Waals surface area contributed by atoms with E-state index >= 15 is 0 Å². The first-order valence-corrected chi connectivity index (χ1v) is 7.16. The molecule has 1 fully saturated rings. The molecule has 2 heterocycles. The van der Waals surface area contributed by atoms with Crippen LogP contribution >= 0.6 is 0 Å². The molecule has 0 spiro atoms. The summed E-state index contributed by atoms with van der Waals surface area (Å²) in [5, 5.41) is 3.28. The van der Waals surface area contributed by atoms with Crippen molar-refractivity contribution in [2.24, 2.45) is 0 Å². The van der Waals surface area contributed by atoms with Gasteiger partial charge in [0.25, 0.3) is 0 Å². The Kier molecular flexibility index (Phi) is 11.1. The monoisotopic (exact) mass is 364 g/mol. The third kappa shape index (κ3) is 8.27. The molecule has 0 amide bonds. The van der Waals surface area contributed by atoms with E-state index in [1.807, 2.05) is 0 Å². The zero-order chi connectivity index (χ0) is 12.4. The lowest BCUT2D eigenvalue weighted by Gasteiger charge is -2.30. The van der Waals surface area contributed by atoms with Crippen LogP contribution in [0.1, 0.15) is 39.0 Å². The number of piperidine rings is 1. The molecule has 1 N–H and O–H groups in total. The fourth-order valence-electron chi connectivity index (χ4n) is 2.19. The Labute approximate surface area is 130 Å². The van der Waals surface area contributed by atoms with Crippen LogP contribution in [-0.4, -0.2) is 37.7 Å². The number of halogens is 1. The number of nitrogens with one attached hydrogen (secondary N) is 1. The van der Waals surface area contributed by atoms with Gasteiger partial charge in [-0.3, -0.25) is 4.48 Å². The molecule has 3 heteroatoms. The minimum absolute atomic E-state index is 0. The van der Waals surface area contributed by atoms with Crippen molar-refractivity contribution in [3.63, 3.8) is 0 Å². The summed E-state index contributed by atoms with van der Waals surface area (Å²) < 4.78 is 1.09. The standard InChI is InChI=1S/C10H18N.C5H11N.HI/c1-3-4-8-11(2)9-6-5-7-10-11;1-2-4-6-5-3-1;/h5-7,9H,3-4,8,10H2,1-2H3;6H,1-5H2;1H/q+1;;/p-1. The second-order valence-corrected chi connectivity index (χ2v) is 5.32. The summed E-state index contributed by atoms with van der Waals surface area (Å²) in [6.45, 7) is 7.18. The van der Waals surface area contributed by atoms with E-state index in [0.29, 0.717) is 0 Å². The average molecular weight is 364 g/mol. The number of quaternary nitrogens is 1. The predicted octanol–water partition coefficient (Wildman–Crippen LogP) is 0.0805. The smallest absolute Gasteiger partial charge is 0.102 e. The van der Waals surface area contributed by atoms with E-state index in [-0.39, 0.29) is 24.0 Å². The first-order chi connectivity index (χ1) is 8.27. The number of hydrogen-bond donors (Lipinski definition) is 1. The highest BCUT2D eigenvalue weighted by molar-refractivity contribution is 5.03. The third-order valence-corrected chi connectivity index (χ3v) is 3.45. The molecule has 1 unspecified atom stereocenters. The zero-order valence-electron chi connectivity index (χ0n) is 12.0. The lowest BCUT2D eigenvalue weighted by molar-refractivity contribution is -0.854. The van der Waals surface area contributed by atoms with Crippen LogP contribution < -0.4 is 29.3 Å². The average Bonchev–Trinajstić information content (AvgIpc) is 2.40. The molecule has 2 rings (SSSR count). The van der Waals surface area contributed by atoms with E-state index in [1.54, 1.807) is 0 Å². The van der Waals surface area contributed by atoms with E-state index in [1.165, 1.54) is 51.7 Å². The molecule has 1 atom stereocenters. The van der Waals surface area contributed by atoms with Gasteiger partial charge in [-0.05, 0) is 44.5 Å². The van der Waals surface area contributed by atoms with Crippen LogP contribution in [-0.2, 0) is 0 Å². The van der Waals surface area contributed by atoms with Gasteiger partial charge in [0.05, 0.1) is 19.8 Å². The van der Waals surface area contributed by atoms with Crippen molar-refractivity contribution in [1.29, 1.82) is 0 Å². The molecule has 0 aromatic heterocycles. The van der Waals surface area contributed by atoms with Gasteiger partial charge in [0.15, 0.2) is 0 Å². The fraction of sp³-hybridized carbons (Fsp3) is 0.733. The Morgan fingerprint density at radius 2 is 1.83 bits per heavy atom. The minimum atomic E-state index is 0. The zero-order valence-corrected chi connectivity index (χ0v) is 14.2. The van der Waals surface area contributed by atoms with Crippen molar-refractivity contribution in [3.05, 3.63) is 24.4 Å². The van der Waals surface area contributed by atoms with Crippen molar-refractivity contribution in [2.75, 3.05) is 33.2 Å². The Hall–Kier alpha value is 0.130. The van der Waals surface area contributed by atoms with Gasteiger partial charge in [-0.25, -0.2) is 0 Å². The number of nitrogens with zero attached hydrogens (tertiary/aromatic N) is 1. The second-order valence-electron chi connectivity index (χ2n) is 5.32. The molecule has 0 aromatic carbocycles. The summed E-state index contributed by atoms with van der Waals surface area (Å²) in [7, 11) is 2.29. The topological polar surface area (TPSA) is 12.0 Å². The molecule has 2 aliphatic rings. The van der Waals surface area contributed by atoms with Crippen LogP contribution in [0, 0.1) is 0 Å². The molecule has 0 saturated carbocycles. The Morgan fingerprint density at radius 1 is 1.11 bits per heavy atom. The van der Waals surface area contributed by atoms with Gasteiger partial charge < -0.3 is 29.3 Å². The molecule has 0 radical (unpaired) electrons. The van der Waals surface area contributed by atoms with E-state index < -0.39 is 0 Å². The molecule has 106 valence electrons. The molecule has 2 nitrogen and oxygen atoms in total. The van der Waals surface area contributed by atoms with Crippen molar-refractivity contribution in [3.8, 4) is 0 Å². The highest BCUT2D eigenvalue weighted by atomic mass is 127. The molecular formula is C15H29IN2. The molecule has 18 heavy (non-hydrogen) atoms. The summed E-state index contributed by atoms with van der Waals surface area (Å²) in [4.78, 5) is 0. The number of likely N-dealkylation sites (N-methyl/N-ethyl adjacent to an activating group) is 1. The highest BCUT2D eigenvalue weighted by Crippen LogP contribution is 2.10. The van der Waals surface area contributed by atoms with Gasteiger partial charge in [-0.2, -0.15) is 0 Å². The summed E-state index contributed by atoms with van der Waals surface area (Å²) in [5.74, 6) is 0. The van der Waals surface area contributed by atoms with Gasteiger partial charge in [-0.15, -0.1) is 0 Å². The molecule has 2 aliphatic heterocycles. The van der Waals surface area contributed by atoms with E-state index in [9.17, 15) is 0 Å². The number of rotatable bonds is 3. The summed E-state index contributed by atoms with van der Waals surface area (Å²) >= 11 is 0. The predicted molar refractivity (Wildman–Crippen MR) is 75.8 cm³/mol. The normalized spacial score (nSPS) is 25.9. The lowest BCUT2D eigenvalue weighted by atomic mass is 10.2. The van der Waals surface area contributed by atoms with Crippen molar-refractivity contribution < 1.29 is 28.5 Å². The molecule has 1 saturated heterocycles. The third-order valence-electron chi connectivity index (χ3n) is 3.45. The van der Waals surface area contributed by atoms with Gasteiger partial charge in [0, 0.05) is 0 Å². The Bertz CT molecular complexity index is 235. The van der Waals surface area contributed by atoms with Crippen LogP contribution in [0.4, 0.5) is 0 Å². The van der Waals surface area contributed by atoms with Crippen LogP contribution in [0.3, 0.4) is 0 Å². The maximum atomic E-state index is 3.28. The van der Waals surface area contributed by atoms with Gasteiger partial charge in [-0.1, -0.05) is 25.8 Å². The molecule has 0 aromatic rings. The summed E-state index contributed by atoms with van der Waals surface area (Å²) in [6.07, 6.45) is 15.7.